The highest BCUT2D eigenvalue weighted by atomic mass is 28.3. The highest BCUT2D eigenvalue weighted by molar-refractivity contribution is 6.79. The van der Waals surface area contributed by atoms with Crippen molar-refractivity contribution in [3.63, 3.8) is 0 Å². The van der Waals surface area contributed by atoms with Crippen LogP contribution in [0.1, 0.15) is 27.2 Å². The van der Waals surface area contributed by atoms with E-state index in [1.807, 2.05) is 0 Å². The second-order valence-electron chi connectivity index (χ2n) is 6.56. The Balaban J connectivity index is 6.05. The summed E-state index contributed by atoms with van der Waals surface area (Å²) >= 11 is 0. The van der Waals surface area contributed by atoms with Crippen LogP contribution in [0.15, 0.2) is 0 Å². The Bertz CT molecular complexity index is 512. The quantitative estimate of drug-likeness (QED) is 0.231. The van der Waals surface area contributed by atoms with Crippen molar-refractivity contribution in [3.05, 3.63) is 0 Å². The van der Waals surface area contributed by atoms with E-state index in [0.29, 0.717) is 0 Å². The summed E-state index contributed by atoms with van der Waals surface area (Å²) in [6.45, 7) is 4.59. The number of hydrogen-bond donors (Lipinski definition) is 0. The van der Waals surface area contributed by atoms with Gasteiger partial charge in [0.25, 0.3) is 0 Å². The van der Waals surface area contributed by atoms with E-state index in [4.69, 9.17) is 0 Å². The molecular weight excluding hydrogens is 443 g/mol. The lowest BCUT2D eigenvalue weighted by molar-refractivity contribution is -0.439. The predicted octanol–water partition coefficient (Wildman–Crippen LogP) is 7.62. The summed E-state index contributed by atoms with van der Waals surface area (Å²) in [6, 6.07) is 0.0669. The molecule has 0 atom stereocenters. The Kier molecular flexibility index (Phi) is 7.66. The molecule has 0 aliphatic heterocycles. The van der Waals surface area contributed by atoms with Crippen LogP contribution in [-0.4, -0.2) is 43.9 Å². The fourth-order valence-electron chi connectivity index (χ4n) is 2.66. The van der Waals surface area contributed by atoms with Crippen molar-refractivity contribution in [2.24, 2.45) is 0 Å². The highest BCUT2D eigenvalue weighted by Gasteiger charge is 2.90. The maximum absolute atomic E-state index is 13.8. The van der Waals surface area contributed by atoms with Crippen LogP contribution in [-0.2, 0) is 0 Å². The van der Waals surface area contributed by atoms with E-state index in [2.05, 4.69) is 0 Å². The maximum atomic E-state index is 13.8. The lowest BCUT2D eigenvalue weighted by atomic mass is 9.93. The van der Waals surface area contributed by atoms with Crippen molar-refractivity contribution in [3.8, 4) is 0 Å². The third-order valence-corrected chi connectivity index (χ3v) is 11.0. The second-order valence-corrected chi connectivity index (χ2v) is 12.2. The summed E-state index contributed by atoms with van der Waals surface area (Å²) in [4.78, 5) is 0. The van der Waals surface area contributed by atoms with Crippen molar-refractivity contribution < 1.29 is 57.1 Å². The van der Waals surface area contributed by atoms with Crippen LogP contribution in [0, 0.1) is 0 Å². The van der Waals surface area contributed by atoms with E-state index >= 15 is 0 Å². The average molecular weight is 462 g/mol. The fraction of sp³-hybridized carbons (Fsp3) is 1.00. The molecule has 0 nitrogen and oxygen atoms in total. The van der Waals surface area contributed by atoms with Crippen molar-refractivity contribution in [2.45, 2.75) is 87.2 Å². The van der Waals surface area contributed by atoms with Crippen LogP contribution in [0.3, 0.4) is 0 Å². The largest absolute Gasteiger partial charge is 0.460 e. The van der Waals surface area contributed by atoms with E-state index in [1.165, 1.54) is 20.8 Å². The molecule has 0 rings (SSSR count). The molecule has 0 fully saturated rings. The van der Waals surface area contributed by atoms with Crippen LogP contribution in [0.25, 0.3) is 0 Å². The monoisotopic (exact) mass is 462 g/mol. The minimum absolute atomic E-state index is 0.264. The molecule has 0 saturated carbocycles. The SMILES string of the molecule is CC[Si](CC)(CC)CCC(F)(F)C(F)(F)C(F)(F)C(F)(F)C(F)(F)C(F)(F)F. The zero-order chi connectivity index (χ0) is 23.0. The Morgan fingerprint density at radius 3 is 1.11 bits per heavy atom. The van der Waals surface area contributed by atoms with E-state index in [9.17, 15) is 57.1 Å². The lowest BCUT2D eigenvalue weighted by Crippen LogP contribution is -2.70. The summed E-state index contributed by atoms with van der Waals surface area (Å²) in [6.07, 6.45) is -9.43. The average Bonchev–Trinajstić information content (AvgIpc) is 2.54. The molecule has 0 spiro atoms. The van der Waals surface area contributed by atoms with Gasteiger partial charge in [-0.15, -0.1) is 0 Å². The van der Waals surface area contributed by atoms with Crippen LogP contribution in [0.5, 0.6) is 0 Å². The summed E-state index contributed by atoms with van der Waals surface area (Å²) in [5, 5.41) is 0. The number of halogens is 13. The second kappa shape index (κ2) is 7.86. The van der Waals surface area contributed by atoms with Crippen LogP contribution in [0.4, 0.5) is 57.1 Å². The molecule has 0 saturated heterocycles. The molecule has 28 heavy (non-hydrogen) atoms. The van der Waals surface area contributed by atoms with Gasteiger partial charge in [0, 0.05) is 6.42 Å². The molecule has 0 heterocycles. The molecule has 14 heteroatoms. The fourth-order valence-corrected chi connectivity index (χ4v) is 6.07. The van der Waals surface area contributed by atoms with Crippen molar-refractivity contribution >= 4 is 8.07 Å². The van der Waals surface area contributed by atoms with Gasteiger partial charge in [-0.2, -0.15) is 57.1 Å². The van der Waals surface area contributed by atoms with Gasteiger partial charge < -0.3 is 0 Å². The van der Waals surface area contributed by atoms with Gasteiger partial charge in [-0.25, -0.2) is 0 Å². The first-order chi connectivity index (χ1) is 12.1. The topological polar surface area (TPSA) is 0 Å². The van der Waals surface area contributed by atoms with E-state index < -0.39 is 56.3 Å². The van der Waals surface area contributed by atoms with Crippen molar-refractivity contribution in [1.29, 1.82) is 0 Å². The first-order valence-electron chi connectivity index (χ1n) is 8.10. The molecule has 0 aliphatic rings. The molecule has 0 aromatic rings. The maximum Gasteiger partial charge on any atom is 0.460 e. The van der Waals surface area contributed by atoms with Gasteiger partial charge in [-0.05, 0) is 0 Å². The van der Waals surface area contributed by atoms with Crippen LogP contribution >= 0.6 is 0 Å². The standard InChI is InChI=1S/C14H19F13Si/c1-4-28(5-2,6-3)8-7-9(15,16)10(17,18)11(19,20)12(21,22)13(23,24)14(25,26)27/h4-8H2,1-3H3. The Morgan fingerprint density at radius 1 is 0.500 bits per heavy atom. The molecule has 0 amide bonds. The molecule has 0 aliphatic carbocycles. The normalized spacial score (nSPS) is 15.9. The summed E-state index contributed by atoms with van der Waals surface area (Å²) < 4.78 is 169. The van der Waals surface area contributed by atoms with E-state index in [0.717, 1.165) is 0 Å². The highest BCUT2D eigenvalue weighted by Crippen LogP contribution is 2.61. The summed E-state index contributed by atoms with van der Waals surface area (Å²) in [7, 11) is -2.65. The lowest BCUT2D eigenvalue weighted by Gasteiger charge is -2.40. The molecule has 170 valence electrons. The smallest absolute Gasteiger partial charge is 0.200 e. The van der Waals surface area contributed by atoms with Crippen LogP contribution in [0.2, 0.25) is 24.2 Å². The number of alkyl halides is 13. The summed E-state index contributed by atoms with van der Waals surface area (Å²) in [5.74, 6) is -36.3. The van der Waals surface area contributed by atoms with Crippen LogP contribution < -0.4 is 0 Å². The molecule has 0 N–H and O–H groups in total. The third kappa shape index (κ3) is 4.11. The molecule has 0 bridgehead atoms. The molecule has 0 aromatic carbocycles. The zero-order valence-electron chi connectivity index (χ0n) is 14.9. The van der Waals surface area contributed by atoms with Crippen molar-refractivity contribution in [1.82, 2.24) is 0 Å². The Morgan fingerprint density at radius 2 is 0.821 bits per heavy atom. The van der Waals surface area contributed by atoms with Gasteiger partial charge in [0.15, 0.2) is 0 Å². The van der Waals surface area contributed by atoms with Crippen molar-refractivity contribution in [2.75, 3.05) is 0 Å². The van der Waals surface area contributed by atoms with Gasteiger partial charge in [-0.3, -0.25) is 0 Å². The third-order valence-electron chi connectivity index (χ3n) is 5.22. The molecular formula is C14H19F13Si. The predicted molar refractivity (Wildman–Crippen MR) is 77.4 cm³/mol. The van der Waals surface area contributed by atoms with E-state index in [-0.39, 0.29) is 18.1 Å². The number of hydrogen-bond acceptors (Lipinski definition) is 0. The summed E-state index contributed by atoms with van der Waals surface area (Å²) in [5.41, 5.74) is 0. The van der Waals surface area contributed by atoms with Gasteiger partial charge in [0.1, 0.15) is 0 Å². The molecule has 0 radical (unpaired) electrons. The Hall–Kier alpha value is -0.693. The first kappa shape index (κ1) is 27.3. The van der Waals surface area contributed by atoms with E-state index in [1.54, 1.807) is 0 Å². The molecule has 0 aromatic heterocycles. The molecule has 0 unspecified atom stereocenters. The van der Waals surface area contributed by atoms with Gasteiger partial charge in [0.05, 0.1) is 8.07 Å². The first-order valence-corrected chi connectivity index (χ1v) is 10.9. The zero-order valence-corrected chi connectivity index (χ0v) is 15.9. The van der Waals surface area contributed by atoms with Gasteiger partial charge in [0.2, 0.25) is 0 Å². The van der Waals surface area contributed by atoms with Gasteiger partial charge >= 0.3 is 35.8 Å². The minimum atomic E-state index is -7.82. The van der Waals surface area contributed by atoms with Gasteiger partial charge in [-0.1, -0.05) is 44.9 Å². The number of rotatable bonds is 10. The minimum Gasteiger partial charge on any atom is -0.200 e. The Labute approximate surface area is 153 Å².